The average Bonchev–Trinajstić information content (AvgIpc) is 2.73. The number of sulfonamides is 1. The number of nitrogens with zero attached hydrogens (tertiary/aromatic N) is 1. The van der Waals surface area contributed by atoms with Gasteiger partial charge in [0.1, 0.15) is 0 Å². The Morgan fingerprint density at radius 3 is 2.47 bits per heavy atom. The van der Waals surface area contributed by atoms with Gasteiger partial charge < -0.3 is 10.8 Å². The number of rotatable bonds is 2. The van der Waals surface area contributed by atoms with Crippen LogP contribution in [-0.4, -0.2) is 37.0 Å². The monoisotopic (exact) mass is 284 g/mol. The summed E-state index contributed by atoms with van der Waals surface area (Å²) in [7, 11) is -3.58. The third kappa shape index (κ3) is 2.35. The molecule has 0 aliphatic carbocycles. The quantitative estimate of drug-likeness (QED) is 0.792. The van der Waals surface area contributed by atoms with Gasteiger partial charge in [-0.2, -0.15) is 4.31 Å². The number of anilines is 1. The third-order valence-electron chi connectivity index (χ3n) is 3.68. The van der Waals surface area contributed by atoms with Crippen molar-refractivity contribution in [1.29, 1.82) is 0 Å². The Labute approximate surface area is 114 Å². The van der Waals surface area contributed by atoms with Gasteiger partial charge in [0.15, 0.2) is 0 Å². The first-order valence-electron chi connectivity index (χ1n) is 6.29. The topological polar surface area (TPSA) is 83.6 Å². The molecule has 0 bridgehead atoms. The molecular weight excluding hydrogens is 264 g/mol. The molecule has 1 saturated heterocycles. The summed E-state index contributed by atoms with van der Waals surface area (Å²) in [5.41, 5.74) is 8.64. The van der Waals surface area contributed by atoms with Gasteiger partial charge in [-0.15, -0.1) is 0 Å². The first-order valence-corrected chi connectivity index (χ1v) is 7.73. The van der Waals surface area contributed by atoms with Crippen molar-refractivity contribution in [2.24, 2.45) is 0 Å². The van der Waals surface area contributed by atoms with Crippen LogP contribution in [0.5, 0.6) is 0 Å². The first kappa shape index (κ1) is 14.3. The zero-order chi connectivity index (χ0) is 14.4. The standard InChI is InChI=1S/C13H20N2O3S/c1-8-6-9(2)13(10(3)12(8)14)19(17,18)15-5-4-11(16)7-15/h6,11,16H,4-5,7,14H2,1-3H3/t11-/m1/s1. The molecule has 3 N–H and O–H groups in total. The summed E-state index contributed by atoms with van der Waals surface area (Å²) in [6, 6.07) is 1.79. The minimum atomic E-state index is -3.58. The van der Waals surface area contributed by atoms with Crippen LogP contribution in [0.3, 0.4) is 0 Å². The second-order valence-corrected chi connectivity index (χ2v) is 7.06. The van der Waals surface area contributed by atoms with Gasteiger partial charge in [-0.05, 0) is 43.9 Å². The molecular formula is C13H20N2O3S. The molecule has 1 aromatic carbocycles. The molecule has 1 aliphatic heterocycles. The first-order chi connectivity index (χ1) is 8.75. The van der Waals surface area contributed by atoms with Crippen LogP contribution in [0.25, 0.3) is 0 Å². The van der Waals surface area contributed by atoms with Gasteiger partial charge in [0.25, 0.3) is 0 Å². The summed E-state index contributed by atoms with van der Waals surface area (Å²) >= 11 is 0. The van der Waals surface area contributed by atoms with Crippen LogP contribution >= 0.6 is 0 Å². The van der Waals surface area contributed by atoms with Gasteiger partial charge in [-0.3, -0.25) is 0 Å². The lowest BCUT2D eigenvalue weighted by atomic mass is 10.1. The molecule has 2 rings (SSSR count). The Morgan fingerprint density at radius 1 is 1.32 bits per heavy atom. The summed E-state index contributed by atoms with van der Waals surface area (Å²) < 4.78 is 26.6. The van der Waals surface area contributed by atoms with E-state index in [2.05, 4.69) is 0 Å². The molecule has 0 unspecified atom stereocenters. The molecule has 0 saturated carbocycles. The summed E-state index contributed by atoms with van der Waals surface area (Å²) in [6.07, 6.45) is -0.0863. The molecule has 1 atom stereocenters. The maximum absolute atomic E-state index is 12.6. The fourth-order valence-corrected chi connectivity index (χ4v) is 4.57. The molecule has 19 heavy (non-hydrogen) atoms. The molecule has 0 radical (unpaired) electrons. The third-order valence-corrected chi connectivity index (χ3v) is 5.84. The van der Waals surface area contributed by atoms with E-state index in [0.29, 0.717) is 29.8 Å². The second-order valence-electron chi connectivity index (χ2n) is 5.18. The lowest BCUT2D eigenvalue weighted by molar-refractivity contribution is 0.189. The molecule has 6 heteroatoms. The number of nitrogens with two attached hydrogens (primary N) is 1. The van der Waals surface area contributed by atoms with Crippen molar-refractivity contribution >= 4 is 15.7 Å². The SMILES string of the molecule is Cc1cc(C)c(S(=O)(=O)N2CC[C@@H](O)C2)c(C)c1N. The van der Waals surface area contributed by atoms with Gasteiger partial charge in [0.2, 0.25) is 10.0 Å². The minimum absolute atomic E-state index is 0.162. The van der Waals surface area contributed by atoms with Crippen LogP contribution in [0.2, 0.25) is 0 Å². The zero-order valence-electron chi connectivity index (χ0n) is 11.5. The number of hydrogen-bond acceptors (Lipinski definition) is 4. The van der Waals surface area contributed by atoms with E-state index in [1.807, 2.05) is 6.92 Å². The normalized spacial score (nSPS) is 20.9. The maximum Gasteiger partial charge on any atom is 0.243 e. The molecule has 106 valence electrons. The van der Waals surface area contributed by atoms with Gasteiger partial charge in [-0.1, -0.05) is 6.07 Å². The Morgan fingerprint density at radius 2 is 1.95 bits per heavy atom. The molecule has 1 heterocycles. The number of hydrogen-bond donors (Lipinski definition) is 2. The Bertz CT molecular complexity index is 611. The molecule has 0 amide bonds. The summed E-state index contributed by atoms with van der Waals surface area (Å²) in [5.74, 6) is 0. The Hall–Kier alpha value is -1.11. The summed E-state index contributed by atoms with van der Waals surface area (Å²) in [5, 5.41) is 9.52. The molecule has 0 spiro atoms. The highest BCUT2D eigenvalue weighted by molar-refractivity contribution is 7.89. The van der Waals surface area contributed by atoms with Crippen LogP contribution in [0.1, 0.15) is 23.1 Å². The molecule has 1 fully saturated rings. The largest absolute Gasteiger partial charge is 0.398 e. The number of nitrogen functional groups attached to an aromatic ring is 1. The Balaban J connectivity index is 2.56. The average molecular weight is 284 g/mol. The second kappa shape index (κ2) is 4.77. The van der Waals surface area contributed by atoms with E-state index < -0.39 is 16.1 Å². The van der Waals surface area contributed by atoms with Crippen molar-refractivity contribution in [3.05, 3.63) is 22.8 Å². The lowest BCUT2D eigenvalue weighted by Gasteiger charge is -2.20. The van der Waals surface area contributed by atoms with E-state index >= 15 is 0 Å². The fourth-order valence-electron chi connectivity index (χ4n) is 2.64. The maximum atomic E-state index is 12.6. The van der Waals surface area contributed by atoms with E-state index in [4.69, 9.17) is 5.73 Å². The van der Waals surface area contributed by atoms with E-state index in [-0.39, 0.29) is 11.4 Å². The minimum Gasteiger partial charge on any atom is -0.398 e. The van der Waals surface area contributed by atoms with E-state index in [1.54, 1.807) is 19.9 Å². The number of aliphatic hydroxyl groups excluding tert-OH is 1. The Kier molecular flexibility index (Phi) is 3.59. The molecule has 5 nitrogen and oxygen atoms in total. The summed E-state index contributed by atoms with van der Waals surface area (Å²) in [4.78, 5) is 0.282. The van der Waals surface area contributed by atoms with Crippen molar-refractivity contribution in [3.63, 3.8) is 0 Å². The summed E-state index contributed by atoms with van der Waals surface area (Å²) in [6.45, 7) is 5.89. The number of benzene rings is 1. The van der Waals surface area contributed by atoms with Crippen molar-refractivity contribution in [3.8, 4) is 0 Å². The fraction of sp³-hybridized carbons (Fsp3) is 0.538. The zero-order valence-corrected chi connectivity index (χ0v) is 12.3. The van der Waals surface area contributed by atoms with Crippen molar-refractivity contribution in [2.45, 2.75) is 38.2 Å². The predicted molar refractivity (Wildman–Crippen MR) is 74.4 cm³/mol. The predicted octanol–water partition coefficient (Wildman–Crippen LogP) is 0.949. The number of aryl methyl sites for hydroxylation is 2. The number of β-amino-alcohol motifs (C(OH)–C–C–N with tert-alkyl or cyclic N) is 1. The highest BCUT2D eigenvalue weighted by Gasteiger charge is 2.34. The van der Waals surface area contributed by atoms with Crippen LogP contribution in [0, 0.1) is 20.8 Å². The highest BCUT2D eigenvalue weighted by atomic mass is 32.2. The van der Waals surface area contributed by atoms with E-state index in [0.717, 1.165) is 5.56 Å². The lowest BCUT2D eigenvalue weighted by Crippen LogP contribution is -2.31. The highest BCUT2D eigenvalue weighted by Crippen LogP contribution is 2.31. The molecule has 0 aromatic heterocycles. The van der Waals surface area contributed by atoms with Gasteiger partial charge in [-0.25, -0.2) is 8.42 Å². The van der Waals surface area contributed by atoms with Gasteiger partial charge >= 0.3 is 0 Å². The van der Waals surface area contributed by atoms with E-state index in [9.17, 15) is 13.5 Å². The smallest absolute Gasteiger partial charge is 0.243 e. The van der Waals surface area contributed by atoms with Crippen molar-refractivity contribution in [1.82, 2.24) is 4.31 Å². The van der Waals surface area contributed by atoms with Gasteiger partial charge in [0.05, 0.1) is 11.0 Å². The van der Waals surface area contributed by atoms with Crippen LogP contribution in [-0.2, 0) is 10.0 Å². The number of aliphatic hydroxyl groups is 1. The van der Waals surface area contributed by atoms with E-state index in [1.165, 1.54) is 4.31 Å². The van der Waals surface area contributed by atoms with Crippen LogP contribution < -0.4 is 5.73 Å². The molecule has 1 aromatic rings. The van der Waals surface area contributed by atoms with Gasteiger partial charge in [0, 0.05) is 18.8 Å². The van der Waals surface area contributed by atoms with Crippen molar-refractivity contribution in [2.75, 3.05) is 18.8 Å². The van der Waals surface area contributed by atoms with Crippen LogP contribution in [0.4, 0.5) is 5.69 Å². The molecule has 1 aliphatic rings. The van der Waals surface area contributed by atoms with Crippen LogP contribution in [0.15, 0.2) is 11.0 Å². The van der Waals surface area contributed by atoms with Crippen molar-refractivity contribution < 1.29 is 13.5 Å².